The van der Waals surface area contributed by atoms with Crippen molar-refractivity contribution in [2.75, 3.05) is 5.32 Å². The Morgan fingerprint density at radius 2 is 1.89 bits per heavy atom. The van der Waals surface area contributed by atoms with Gasteiger partial charge in [0.2, 0.25) is 0 Å². The van der Waals surface area contributed by atoms with Gasteiger partial charge in [0.1, 0.15) is 5.82 Å². The molecule has 0 aliphatic heterocycles. The number of benzene rings is 2. The molecule has 2 rings (SSSR count). The van der Waals surface area contributed by atoms with Crippen molar-refractivity contribution in [3.63, 3.8) is 0 Å². The van der Waals surface area contributed by atoms with E-state index in [-0.39, 0.29) is 5.82 Å². The van der Waals surface area contributed by atoms with E-state index in [2.05, 4.69) is 37.2 Å². The molecule has 0 saturated heterocycles. The molecule has 0 aliphatic carbocycles. The van der Waals surface area contributed by atoms with Crippen LogP contribution in [0.5, 0.6) is 0 Å². The van der Waals surface area contributed by atoms with Crippen LogP contribution in [0.1, 0.15) is 11.1 Å². The van der Waals surface area contributed by atoms with Crippen LogP contribution in [0.4, 0.5) is 10.1 Å². The van der Waals surface area contributed by atoms with Crippen molar-refractivity contribution in [3.8, 4) is 0 Å². The molecule has 0 fully saturated rings. The summed E-state index contributed by atoms with van der Waals surface area (Å²) in [4.78, 5) is 0. The second-order valence-electron chi connectivity index (χ2n) is 4.06. The standard InChI is InChI=1S/C14H12Br2FN/c1-9-6-11(15)3-5-14(9)18-8-10-2-4-12(16)13(17)7-10/h2-7,18H,8H2,1H3. The van der Waals surface area contributed by atoms with E-state index in [0.29, 0.717) is 11.0 Å². The van der Waals surface area contributed by atoms with Crippen LogP contribution in [0.25, 0.3) is 0 Å². The average Bonchev–Trinajstić information content (AvgIpc) is 2.32. The molecule has 2 aromatic rings. The van der Waals surface area contributed by atoms with Crippen LogP contribution in [0.2, 0.25) is 0 Å². The van der Waals surface area contributed by atoms with Gasteiger partial charge in [-0.3, -0.25) is 0 Å². The van der Waals surface area contributed by atoms with Crippen LogP contribution in [0.15, 0.2) is 45.3 Å². The van der Waals surface area contributed by atoms with E-state index >= 15 is 0 Å². The van der Waals surface area contributed by atoms with Gasteiger partial charge in [-0.15, -0.1) is 0 Å². The molecule has 18 heavy (non-hydrogen) atoms. The summed E-state index contributed by atoms with van der Waals surface area (Å²) in [5.74, 6) is -0.234. The predicted octanol–water partition coefficient (Wildman–Crippen LogP) is 5.27. The molecule has 1 N–H and O–H groups in total. The Balaban J connectivity index is 2.09. The third kappa shape index (κ3) is 3.33. The number of hydrogen-bond donors (Lipinski definition) is 1. The smallest absolute Gasteiger partial charge is 0.137 e. The van der Waals surface area contributed by atoms with E-state index in [1.165, 1.54) is 6.07 Å². The van der Waals surface area contributed by atoms with Crippen molar-refractivity contribution < 1.29 is 4.39 Å². The molecule has 4 heteroatoms. The van der Waals surface area contributed by atoms with E-state index in [0.717, 1.165) is 21.3 Å². The fourth-order valence-electron chi connectivity index (χ4n) is 1.67. The van der Waals surface area contributed by atoms with Gasteiger partial charge in [0, 0.05) is 16.7 Å². The van der Waals surface area contributed by atoms with Crippen LogP contribution in [0, 0.1) is 12.7 Å². The molecule has 0 saturated carbocycles. The molecule has 0 aliphatic rings. The third-order valence-corrected chi connectivity index (χ3v) is 3.79. The Hall–Kier alpha value is -0.870. The number of rotatable bonds is 3. The normalized spacial score (nSPS) is 10.4. The van der Waals surface area contributed by atoms with Crippen LogP contribution in [0.3, 0.4) is 0 Å². The summed E-state index contributed by atoms with van der Waals surface area (Å²) in [5, 5.41) is 3.30. The zero-order valence-electron chi connectivity index (χ0n) is 9.81. The highest BCUT2D eigenvalue weighted by Gasteiger charge is 2.02. The molecule has 0 bridgehead atoms. The molecular formula is C14H12Br2FN. The van der Waals surface area contributed by atoms with Crippen molar-refractivity contribution in [2.24, 2.45) is 0 Å². The molecule has 0 aromatic heterocycles. The van der Waals surface area contributed by atoms with E-state index in [4.69, 9.17) is 0 Å². The van der Waals surface area contributed by atoms with Gasteiger partial charge in [0.05, 0.1) is 4.47 Å². The topological polar surface area (TPSA) is 12.0 Å². The lowest BCUT2D eigenvalue weighted by Crippen LogP contribution is -2.01. The average molecular weight is 373 g/mol. The lowest BCUT2D eigenvalue weighted by atomic mass is 10.2. The first kappa shape index (κ1) is 13.6. The first-order valence-corrected chi connectivity index (χ1v) is 7.09. The lowest BCUT2D eigenvalue weighted by Gasteiger charge is -2.10. The molecule has 0 unspecified atom stereocenters. The van der Waals surface area contributed by atoms with Crippen molar-refractivity contribution in [1.82, 2.24) is 0 Å². The Bertz CT molecular complexity index is 570. The zero-order valence-corrected chi connectivity index (χ0v) is 13.0. The first-order valence-electron chi connectivity index (χ1n) is 5.50. The van der Waals surface area contributed by atoms with Crippen LogP contribution in [-0.4, -0.2) is 0 Å². The maximum atomic E-state index is 13.4. The Labute approximate surface area is 123 Å². The fourth-order valence-corrected chi connectivity index (χ4v) is 2.39. The molecule has 2 aromatic carbocycles. The third-order valence-electron chi connectivity index (χ3n) is 2.66. The summed E-state index contributed by atoms with van der Waals surface area (Å²) in [7, 11) is 0. The number of hydrogen-bond acceptors (Lipinski definition) is 1. The van der Waals surface area contributed by atoms with Gasteiger partial charge < -0.3 is 5.32 Å². The summed E-state index contributed by atoms with van der Waals surface area (Å²) in [6.45, 7) is 2.64. The predicted molar refractivity (Wildman–Crippen MR) is 80.3 cm³/mol. The molecule has 94 valence electrons. The molecule has 0 atom stereocenters. The SMILES string of the molecule is Cc1cc(Br)ccc1NCc1ccc(Br)c(F)c1. The largest absolute Gasteiger partial charge is 0.381 e. The second kappa shape index (κ2) is 5.85. The molecule has 0 amide bonds. The first-order chi connectivity index (χ1) is 8.56. The number of aryl methyl sites for hydroxylation is 1. The van der Waals surface area contributed by atoms with E-state index in [9.17, 15) is 4.39 Å². The highest BCUT2D eigenvalue weighted by atomic mass is 79.9. The van der Waals surface area contributed by atoms with Gasteiger partial charge in [-0.05, 0) is 64.3 Å². The summed E-state index contributed by atoms with van der Waals surface area (Å²) >= 11 is 6.57. The Morgan fingerprint density at radius 3 is 2.56 bits per heavy atom. The summed E-state index contributed by atoms with van der Waals surface area (Å²) < 4.78 is 14.9. The number of anilines is 1. The lowest BCUT2D eigenvalue weighted by molar-refractivity contribution is 0.619. The fraction of sp³-hybridized carbons (Fsp3) is 0.143. The highest BCUT2D eigenvalue weighted by molar-refractivity contribution is 9.10. The van der Waals surface area contributed by atoms with E-state index < -0.39 is 0 Å². The maximum Gasteiger partial charge on any atom is 0.137 e. The van der Waals surface area contributed by atoms with Gasteiger partial charge in [0.15, 0.2) is 0 Å². The maximum absolute atomic E-state index is 13.4. The van der Waals surface area contributed by atoms with Gasteiger partial charge >= 0.3 is 0 Å². The quantitative estimate of drug-likeness (QED) is 0.773. The van der Waals surface area contributed by atoms with Crippen molar-refractivity contribution in [2.45, 2.75) is 13.5 Å². The van der Waals surface area contributed by atoms with Gasteiger partial charge in [-0.2, -0.15) is 0 Å². The monoisotopic (exact) mass is 371 g/mol. The minimum Gasteiger partial charge on any atom is -0.381 e. The van der Waals surface area contributed by atoms with Crippen LogP contribution >= 0.6 is 31.9 Å². The van der Waals surface area contributed by atoms with Gasteiger partial charge in [-0.25, -0.2) is 4.39 Å². The summed E-state index contributed by atoms with van der Waals surface area (Å²) in [6, 6.07) is 11.2. The van der Waals surface area contributed by atoms with Crippen LogP contribution < -0.4 is 5.32 Å². The molecule has 1 nitrogen and oxygen atoms in total. The van der Waals surface area contributed by atoms with E-state index in [1.54, 1.807) is 6.07 Å². The Kier molecular flexibility index (Phi) is 4.40. The van der Waals surface area contributed by atoms with Gasteiger partial charge in [-0.1, -0.05) is 22.0 Å². The van der Waals surface area contributed by atoms with Gasteiger partial charge in [0.25, 0.3) is 0 Å². The van der Waals surface area contributed by atoms with Crippen molar-refractivity contribution in [1.29, 1.82) is 0 Å². The second-order valence-corrected chi connectivity index (χ2v) is 5.83. The van der Waals surface area contributed by atoms with E-state index in [1.807, 2.05) is 31.2 Å². The number of halogens is 3. The molecule has 0 spiro atoms. The Morgan fingerprint density at radius 1 is 1.11 bits per heavy atom. The summed E-state index contributed by atoms with van der Waals surface area (Å²) in [5.41, 5.74) is 3.13. The molecule has 0 radical (unpaired) electrons. The number of nitrogens with one attached hydrogen (secondary N) is 1. The van der Waals surface area contributed by atoms with Crippen LogP contribution in [-0.2, 0) is 6.54 Å². The summed E-state index contributed by atoms with van der Waals surface area (Å²) in [6.07, 6.45) is 0. The minimum absolute atomic E-state index is 0.234. The highest BCUT2D eigenvalue weighted by Crippen LogP contribution is 2.21. The molecule has 0 heterocycles. The zero-order chi connectivity index (χ0) is 13.1. The van der Waals surface area contributed by atoms with Crippen molar-refractivity contribution in [3.05, 3.63) is 62.3 Å². The molecular weight excluding hydrogens is 361 g/mol. The minimum atomic E-state index is -0.234. The van der Waals surface area contributed by atoms with Crippen molar-refractivity contribution >= 4 is 37.5 Å².